The van der Waals surface area contributed by atoms with Gasteiger partial charge >= 0.3 is 0 Å². The predicted molar refractivity (Wildman–Crippen MR) is 96.6 cm³/mol. The van der Waals surface area contributed by atoms with Crippen molar-refractivity contribution in [2.75, 3.05) is 20.2 Å². The Balaban J connectivity index is 2.19. The number of methoxy groups -OCH3 is 1. The normalized spacial score (nSPS) is 14.8. The summed E-state index contributed by atoms with van der Waals surface area (Å²) in [6, 6.07) is 4.06. The van der Waals surface area contributed by atoms with Gasteiger partial charge in [0.05, 0.1) is 13.7 Å². The van der Waals surface area contributed by atoms with Crippen LogP contribution in [0.2, 0.25) is 0 Å². The number of rotatable bonds is 8. The van der Waals surface area contributed by atoms with Crippen molar-refractivity contribution in [3.63, 3.8) is 0 Å². The summed E-state index contributed by atoms with van der Waals surface area (Å²) in [7, 11) is -2.44. The molecule has 1 fully saturated rings. The van der Waals surface area contributed by atoms with Gasteiger partial charge in [-0.3, -0.25) is 9.59 Å². The lowest BCUT2D eigenvalue weighted by atomic mass is 10.2. The first-order valence-corrected chi connectivity index (χ1v) is 10.1. The monoisotopic (exact) mass is 383 g/mol. The summed E-state index contributed by atoms with van der Waals surface area (Å²) in [5.74, 6) is -0.683. The highest BCUT2D eigenvalue weighted by Gasteiger charge is 2.26. The highest BCUT2D eigenvalue weighted by molar-refractivity contribution is 7.89. The lowest BCUT2D eigenvalue weighted by Gasteiger charge is -2.15. The number of hydrogen-bond donors (Lipinski definition) is 3. The molecule has 1 aliphatic rings. The van der Waals surface area contributed by atoms with E-state index in [4.69, 9.17) is 4.74 Å². The molecule has 9 heteroatoms. The number of hydrogen-bond acceptors (Lipinski definition) is 5. The highest BCUT2D eigenvalue weighted by atomic mass is 32.2. The van der Waals surface area contributed by atoms with E-state index in [0.29, 0.717) is 6.54 Å². The number of ether oxygens (including phenoxy) is 1. The topological polar surface area (TPSA) is 114 Å². The average molecular weight is 383 g/mol. The van der Waals surface area contributed by atoms with Crippen LogP contribution in [-0.2, 0) is 14.8 Å². The van der Waals surface area contributed by atoms with Crippen LogP contribution in [0.4, 0.5) is 0 Å². The zero-order valence-electron chi connectivity index (χ0n) is 15.0. The summed E-state index contributed by atoms with van der Waals surface area (Å²) in [5, 5.41) is 5.03. The molecular formula is C17H25N3O5S. The summed E-state index contributed by atoms with van der Waals surface area (Å²) < 4.78 is 33.2. The molecule has 26 heavy (non-hydrogen) atoms. The Hall–Kier alpha value is -2.13. The molecule has 144 valence electrons. The maximum Gasteiger partial charge on any atom is 0.251 e. The quantitative estimate of drug-likeness (QED) is 0.614. The van der Waals surface area contributed by atoms with E-state index in [2.05, 4.69) is 15.4 Å². The van der Waals surface area contributed by atoms with Crippen molar-refractivity contribution in [2.45, 2.75) is 43.5 Å². The van der Waals surface area contributed by atoms with Crippen LogP contribution >= 0.6 is 0 Å². The van der Waals surface area contributed by atoms with Gasteiger partial charge in [-0.2, -0.15) is 0 Å². The molecule has 0 atom stereocenters. The van der Waals surface area contributed by atoms with Crippen LogP contribution < -0.4 is 20.1 Å². The lowest BCUT2D eigenvalue weighted by Crippen LogP contribution is -2.37. The smallest absolute Gasteiger partial charge is 0.251 e. The Morgan fingerprint density at radius 3 is 2.50 bits per heavy atom. The first kappa shape index (κ1) is 20.2. The molecule has 3 N–H and O–H groups in total. The molecule has 2 rings (SSSR count). The number of amides is 2. The number of carbonyl (C=O) groups excluding carboxylic acids is 2. The van der Waals surface area contributed by atoms with E-state index in [1.54, 1.807) is 6.92 Å². The van der Waals surface area contributed by atoms with Crippen LogP contribution in [0.15, 0.2) is 23.1 Å². The number of sulfonamides is 1. The minimum Gasteiger partial charge on any atom is -0.495 e. The molecule has 0 aromatic heterocycles. The van der Waals surface area contributed by atoms with Crippen LogP contribution in [0.25, 0.3) is 0 Å². The molecule has 0 heterocycles. The van der Waals surface area contributed by atoms with Crippen LogP contribution in [0.5, 0.6) is 5.75 Å². The molecule has 2 amide bonds. The zero-order chi connectivity index (χ0) is 19.2. The van der Waals surface area contributed by atoms with Crippen LogP contribution in [0.3, 0.4) is 0 Å². The Labute approximate surface area is 153 Å². The van der Waals surface area contributed by atoms with Crippen molar-refractivity contribution in [3.8, 4) is 5.75 Å². The van der Waals surface area contributed by atoms with Crippen LogP contribution in [0, 0.1) is 0 Å². The Morgan fingerprint density at radius 2 is 1.88 bits per heavy atom. The summed E-state index contributed by atoms with van der Waals surface area (Å²) in [6.45, 7) is 2.06. The van der Waals surface area contributed by atoms with Crippen molar-refractivity contribution in [2.24, 2.45) is 0 Å². The number of carbonyl (C=O) groups is 2. The number of benzene rings is 1. The van der Waals surface area contributed by atoms with Crippen molar-refractivity contribution >= 4 is 21.8 Å². The molecular weight excluding hydrogens is 358 g/mol. The third-order valence-electron chi connectivity index (χ3n) is 4.18. The average Bonchev–Trinajstić information content (AvgIpc) is 3.11. The fourth-order valence-electron chi connectivity index (χ4n) is 2.88. The second-order valence-electron chi connectivity index (χ2n) is 6.10. The summed E-state index contributed by atoms with van der Waals surface area (Å²) in [4.78, 5) is 23.6. The lowest BCUT2D eigenvalue weighted by molar-refractivity contribution is -0.120. The van der Waals surface area contributed by atoms with Gasteiger partial charge in [-0.05, 0) is 38.0 Å². The molecule has 1 saturated carbocycles. The van der Waals surface area contributed by atoms with Gasteiger partial charge in [-0.1, -0.05) is 12.8 Å². The fourth-order valence-corrected chi connectivity index (χ4v) is 4.38. The van der Waals surface area contributed by atoms with Gasteiger partial charge in [0.1, 0.15) is 10.6 Å². The van der Waals surface area contributed by atoms with Crippen LogP contribution in [-0.4, -0.2) is 46.5 Å². The van der Waals surface area contributed by atoms with Gasteiger partial charge in [-0.25, -0.2) is 13.1 Å². The number of likely N-dealkylation sites (N-methyl/N-ethyl adjacent to an activating group) is 1. The van der Waals surface area contributed by atoms with Gasteiger partial charge in [0.2, 0.25) is 15.9 Å². The van der Waals surface area contributed by atoms with E-state index in [0.717, 1.165) is 25.7 Å². The predicted octanol–water partition coefficient (Wildman–Crippen LogP) is 0.782. The Morgan fingerprint density at radius 1 is 1.19 bits per heavy atom. The van der Waals surface area contributed by atoms with Crippen molar-refractivity contribution in [3.05, 3.63) is 23.8 Å². The minimum absolute atomic E-state index is 0.0856. The maximum atomic E-state index is 12.7. The van der Waals surface area contributed by atoms with E-state index in [-0.39, 0.29) is 34.7 Å². The Kier molecular flexibility index (Phi) is 6.98. The maximum absolute atomic E-state index is 12.7. The number of nitrogens with one attached hydrogen (secondary N) is 3. The second-order valence-corrected chi connectivity index (χ2v) is 7.79. The summed E-state index contributed by atoms with van der Waals surface area (Å²) in [6.07, 6.45) is 3.59. The molecule has 0 spiro atoms. The van der Waals surface area contributed by atoms with Crippen molar-refractivity contribution in [1.29, 1.82) is 0 Å². The second kappa shape index (κ2) is 9.00. The molecule has 8 nitrogen and oxygen atoms in total. The minimum atomic E-state index is -3.82. The van der Waals surface area contributed by atoms with Gasteiger partial charge < -0.3 is 15.4 Å². The van der Waals surface area contributed by atoms with E-state index >= 15 is 0 Å². The third-order valence-corrected chi connectivity index (χ3v) is 5.72. The van der Waals surface area contributed by atoms with Crippen molar-refractivity contribution < 1.29 is 22.7 Å². The first-order chi connectivity index (χ1) is 12.4. The third kappa shape index (κ3) is 5.18. The molecule has 0 saturated heterocycles. The van der Waals surface area contributed by atoms with Gasteiger partial charge in [0.25, 0.3) is 5.91 Å². The van der Waals surface area contributed by atoms with Gasteiger partial charge in [-0.15, -0.1) is 0 Å². The molecule has 0 bridgehead atoms. The molecule has 1 aromatic carbocycles. The standard InChI is InChI=1S/C17H25N3O5S/c1-3-18-16(21)11-19-17(22)12-8-9-14(25-2)15(10-12)26(23,24)20-13-6-4-5-7-13/h8-10,13,20H,3-7,11H2,1-2H3,(H,18,21)(H,19,22). The summed E-state index contributed by atoms with van der Waals surface area (Å²) in [5.41, 5.74) is 0.141. The van der Waals surface area contributed by atoms with E-state index in [1.165, 1.54) is 25.3 Å². The molecule has 1 aromatic rings. The van der Waals surface area contributed by atoms with E-state index in [9.17, 15) is 18.0 Å². The first-order valence-electron chi connectivity index (χ1n) is 8.62. The van der Waals surface area contributed by atoms with Gasteiger partial charge in [0, 0.05) is 18.2 Å². The van der Waals surface area contributed by atoms with E-state index < -0.39 is 15.9 Å². The molecule has 0 aliphatic heterocycles. The largest absolute Gasteiger partial charge is 0.495 e. The van der Waals surface area contributed by atoms with Crippen LogP contribution in [0.1, 0.15) is 43.0 Å². The Bertz CT molecular complexity index is 758. The highest BCUT2D eigenvalue weighted by Crippen LogP contribution is 2.27. The molecule has 1 aliphatic carbocycles. The van der Waals surface area contributed by atoms with E-state index in [1.807, 2.05) is 0 Å². The van der Waals surface area contributed by atoms with Crippen molar-refractivity contribution in [1.82, 2.24) is 15.4 Å². The molecule has 0 unspecified atom stereocenters. The fraction of sp³-hybridized carbons (Fsp3) is 0.529. The molecule has 0 radical (unpaired) electrons. The van der Waals surface area contributed by atoms with Gasteiger partial charge in [0.15, 0.2) is 0 Å². The zero-order valence-corrected chi connectivity index (χ0v) is 15.8. The SMILES string of the molecule is CCNC(=O)CNC(=O)c1ccc(OC)c(S(=O)(=O)NC2CCCC2)c1. The summed E-state index contributed by atoms with van der Waals surface area (Å²) >= 11 is 0.